The summed E-state index contributed by atoms with van der Waals surface area (Å²) in [6.07, 6.45) is 1.50. The molecular weight excluding hydrogens is 318 g/mol. The van der Waals surface area contributed by atoms with Crippen molar-refractivity contribution in [2.24, 2.45) is 4.99 Å². The van der Waals surface area contributed by atoms with Crippen LogP contribution in [0.5, 0.6) is 11.5 Å². The first kappa shape index (κ1) is 16.6. The Bertz CT molecular complexity index is 803. The Morgan fingerprint density at radius 3 is 3.00 bits per heavy atom. The standard InChI is InChI=1S/C14H15N5O3S/c1-3-22-11-6-9(4-5-10(11)20)7-15-14(23)17-13-16-12(21)8(2)18-19-13/h4-7,20H,3H2,1-2H3,(H2,16,17,19,21,23). The molecular formula is C14H15N5O3S. The summed E-state index contributed by atoms with van der Waals surface area (Å²) in [6, 6.07) is 4.81. The van der Waals surface area contributed by atoms with Gasteiger partial charge in [-0.25, -0.2) is 4.99 Å². The van der Waals surface area contributed by atoms with Crippen molar-refractivity contribution >= 4 is 29.5 Å². The largest absolute Gasteiger partial charge is 0.504 e. The van der Waals surface area contributed by atoms with Crippen LogP contribution < -0.4 is 15.6 Å². The Hall–Kier alpha value is -2.81. The number of anilines is 1. The molecule has 1 aromatic carbocycles. The van der Waals surface area contributed by atoms with Crippen LogP contribution in [0.2, 0.25) is 0 Å². The highest BCUT2D eigenvalue weighted by molar-refractivity contribution is 7.80. The molecule has 9 heteroatoms. The molecule has 2 aromatic rings. The number of phenols is 1. The lowest BCUT2D eigenvalue weighted by Gasteiger charge is -2.06. The zero-order valence-corrected chi connectivity index (χ0v) is 13.3. The van der Waals surface area contributed by atoms with Crippen molar-refractivity contribution in [3.05, 3.63) is 39.8 Å². The van der Waals surface area contributed by atoms with Crippen molar-refractivity contribution in [1.29, 1.82) is 0 Å². The molecule has 0 saturated heterocycles. The predicted octanol–water partition coefficient (Wildman–Crippen LogP) is 1.39. The van der Waals surface area contributed by atoms with E-state index in [2.05, 4.69) is 25.5 Å². The number of rotatable bonds is 4. The Balaban J connectivity index is 2.07. The third kappa shape index (κ3) is 4.58. The first-order chi connectivity index (χ1) is 11.0. The van der Waals surface area contributed by atoms with Crippen molar-refractivity contribution in [2.75, 3.05) is 11.9 Å². The Morgan fingerprint density at radius 2 is 2.30 bits per heavy atom. The van der Waals surface area contributed by atoms with Gasteiger partial charge in [0.15, 0.2) is 16.6 Å². The van der Waals surface area contributed by atoms with Crippen molar-refractivity contribution in [3.63, 3.8) is 0 Å². The van der Waals surface area contributed by atoms with Gasteiger partial charge in [0.2, 0.25) is 5.95 Å². The molecule has 1 aromatic heterocycles. The minimum Gasteiger partial charge on any atom is -0.504 e. The summed E-state index contributed by atoms with van der Waals surface area (Å²) < 4.78 is 5.29. The summed E-state index contributed by atoms with van der Waals surface area (Å²) >= 11 is 5.04. The molecule has 0 saturated carbocycles. The monoisotopic (exact) mass is 333 g/mol. The number of aromatic nitrogens is 3. The van der Waals surface area contributed by atoms with Gasteiger partial charge in [0.05, 0.1) is 6.61 Å². The molecule has 2 rings (SSSR count). The Labute approximate surface area is 137 Å². The highest BCUT2D eigenvalue weighted by Gasteiger charge is 2.03. The maximum atomic E-state index is 11.4. The fourth-order valence-corrected chi connectivity index (χ4v) is 1.75. The first-order valence-corrected chi connectivity index (χ1v) is 7.15. The number of benzene rings is 1. The van der Waals surface area contributed by atoms with E-state index >= 15 is 0 Å². The second-order valence-corrected chi connectivity index (χ2v) is 4.82. The number of ether oxygens (including phenoxy) is 1. The number of aliphatic imine (C=N–C) groups is 1. The molecule has 0 atom stereocenters. The third-order valence-corrected chi connectivity index (χ3v) is 2.91. The maximum absolute atomic E-state index is 11.4. The molecule has 0 spiro atoms. The molecule has 0 aliphatic carbocycles. The van der Waals surface area contributed by atoms with Gasteiger partial charge in [0.1, 0.15) is 5.69 Å². The zero-order chi connectivity index (χ0) is 16.8. The number of H-pyrrole nitrogens is 1. The van der Waals surface area contributed by atoms with Crippen LogP contribution in [0, 0.1) is 6.92 Å². The van der Waals surface area contributed by atoms with Crippen molar-refractivity contribution in [1.82, 2.24) is 15.2 Å². The van der Waals surface area contributed by atoms with Gasteiger partial charge in [-0.2, -0.15) is 0 Å². The Morgan fingerprint density at radius 1 is 1.52 bits per heavy atom. The fourth-order valence-electron chi connectivity index (χ4n) is 1.60. The quantitative estimate of drug-likeness (QED) is 0.572. The molecule has 3 N–H and O–H groups in total. The molecule has 0 radical (unpaired) electrons. The third-order valence-electron chi connectivity index (χ3n) is 2.70. The molecule has 1 heterocycles. The first-order valence-electron chi connectivity index (χ1n) is 6.74. The maximum Gasteiger partial charge on any atom is 0.273 e. The van der Waals surface area contributed by atoms with E-state index in [0.717, 1.165) is 0 Å². The second kappa shape index (κ2) is 7.45. The van der Waals surface area contributed by atoms with Gasteiger partial charge in [-0.3, -0.25) is 15.1 Å². The van der Waals surface area contributed by atoms with E-state index < -0.39 is 0 Å². The summed E-state index contributed by atoms with van der Waals surface area (Å²) in [4.78, 5) is 17.9. The smallest absolute Gasteiger partial charge is 0.273 e. The van der Waals surface area contributed by atoms with Crippen LogP contribution in [0.15, 0.2) is 28.0 Å². The number of nitrogens with one attached hydrogen (secondary N) is 2. The molecule has 8 nitrogen and oxygen atoms in total. The van der Waals surface area contributed by atoms with Crippen LogP contribution in [0.25, 0.3) is 0 Å². The number of hydrogen-bond acceptors (Lipinski definition) is 6. The number of nitrogens with zero attached hydrogens (tertiary/aromatic N) is 3. The molecule has 0 aliphatic rings. The van der Waals surface area contributed by atoms with E-state index in [1.165, 1.54) is 12.3 Å². The molecule has 0 amide bonds. The topological polar surface area (TPSA) is 112 Å². The van der Waals surface area contributed by atoms with Crippen LogP contribution in [-0.2, 0) is 0 Å². The lowest BCUT2D eigenvalue weighted by Crippen LogP contribution is -2.19. The van der Waals surface area contributed by atoms with E-state index in [0.29, 0.717) is 17.9 Å². The van der Waals surface area contributed by atoms with E-state index in [-0.39, 0.29) is 28.1 Å². The summed E-state index contributed by atoms with van der Waals surface area (Å²) in [7, 11) is 0. The minimum atomic E-state index is -0.353. The minimum absolute atomic E-state index is 0.0530. The number of aromatic amines is 1. The van der Waals surface area contributed by atoms with Gasteiger partial charge in [0.25, 0.3) is 5.56 Å². The van der Waals surface area contributed by atoms with Crippen molar-refractivity contribution < 1.29 is 9.84 Å². The predicted molar refractivity (Wildman–Crippen MR) is 90.5 cm³/mol. The van der Waals surface area contributed by atoms with Crippen LogP contribution >= 0.6 is 12.2 Å². The van der Waals surface area contributed by atoms with Crippen molar-refractivity contribution in [2.45, 2.75) is 13.8 Å². The van der Waals surface area contributed by atoms with E-state index in [1.807, 2.05) is 6.92 Å². The molecule has 0 bridgehead atoms. The fraction of sp³-hybridized carbons (Fsp3) is 0.214. The molecule has 0 unspecified atom stereocenters. The number of phenolic OH excluding ortho intramolecular Hbond substituents is 1. The van der Waals surface area contributed by atoms with Gasteiger partial charge in [-0.05, 0) is 49.8 Å². The van der Waals surface area contributed by atoms with Crippen LogP contribution in [-0.4, -0.2) is 38.2 Å². The van der Waals surface area contributed by atoms with E-state index in [4.69, 9.17) is 17.0 Å². The molecule has 23 heavy (non-hydrogen) atoms. The van der Waals surface area contributed by atoms with E-state index in [9.17, 15) is 9.90 Å². The highest BCUT2D eigenvalue weighted by Crippen LogP contribution is 2.26. The summed E-state index contributed by atoms with van der Waals surface area (Å²) in [5.74, 6) is 0.532. The SMILES string of the molecule is CCOc1cc(C=NC(=S)Nc2nnc(C)c(=O)[nH]2)ccc1O. The van der Waals surface area contributed by atoms with Gasteiger partial charge in [0, 0.05) is 6.21 Å². The number of aromatic hydroxyl groups is 1. The molecule has 0 aliphatic heterocycles. The summed E-state index contributed by atoms with van der Waals surface area (Å²) in [5, 5.41) is 19.8. The number of hydrogen-bond donors (Lipinski definition) is 3. The highest BCUT2D eigenvalue weighted by atomic mass is 32.1. The van der Waals surface area contributed by atoms with Crippen LogP contribution in [0.4, 0.5) is 5.95 Å². The lowest BCUT2D eigenvalue weighted by molar-refractivity contribution is 0.318. The molecule has 0 fully saturated rings. The van der Waals surface area contributed by atoms with Gasteiger partial charge >= 0.3 is 0 Å². The summed E-state index contributed by atoms with van der Waals surface area (Å²) in [5.41, 5.74) is 0.602. The van der Waals surface area contributed by atoms with Gasteiger partial charge < -0.3 is 9.84 Å². The normalized spacial score (nSPS) is 10.7. The zero-order valence-electron chi connectivity index (χ0n) is 12.5. The van der Waals surface area contributed by atoms with Crippen molar-refractivity contribution in [3.8, 4) is 11.5 Å². The van der Waals surface area contributed by atoms with Gasteiger partial charge in [-0.15, -0.1) is 10.2 Å². The van der Waals surface area contributed by atoms with Gasteiger partial charge in [-0.1, -0.05) is 0 Å². The summed E-state index contributed by atoms with van der Waals surface area (Å²) in [6.45, 7) is 3.81. The second-order valence-electron chi connectivity index (χ2n) is 4.44. The molecule has 120 valence electrons. The number of thiocarbonyl (C=S) groups is 1. The number of aryl methyl sites for hydroxylation is 1. The van der Waals surface area contributed by atoms with E-state index in [1.54, 1.807) is 19.1 Å². The lowest BCUT2D eigenvalue weighted by atomic mass is 10.2. The average molecular weight is 333 g/mol. The van der Waals surface area contributed by atoms with Crippen LogP contribution in [0.3, 0.4) is 0 Å². The Kier molecular flexibility index (Phi) is 5.36. The van der Waals surface area contributed by atoms with Crippen LogP contribution in [0.1, 0.15) is 18.2 Å². The average Bonchev–Trinajstić information content (AvgIpc) is 2.52.